The monoisotopic (exact) mass is 672 g/mol. The van der Waals surface area contributed by atoms with E-state index in [2.05, 4.69) is 165 Å². The average Bonchev–Trinajstić information content (AvgIpc) is 3.51. The molecule has 0 amide bonds. The van der Waals surface area contributed by atoms with E-state index < -0.39 is 0 Å². The molecule has 4 aromatic carbocycles. The summed E-state index contributed by atoms with van der Waals surface area (Å²) in [6.45, 7) is 2.06. The van der Waals surface area contributed by atoms with Crippen molar-refractivity contribution in [2.45, 2.75) is 44.6 Å². The van der Waals surface area contributed by atoms with E-state index in [1.54, 1.807) is 0 Å². The zero-order valence-corrected chi connectivity index (χ0v) is 29.4. The molecule has 0 bridgehead atoms. The number of aryl methyl sites for hydroxylation is 1. The Morgan fingerprint density at radius 1 is 0.635 bits per heavy atom. The number of fused-ring (bicyclic) bond motifs is 3. The number of rotatable bonds is 6. The highest BCUT2D eigenvalue weighted by Crippen LogP contribution is 2.44. The van der Waals surface area contributed by atoms with E-state index in [4.69, 9.17) is 20.0 Å². The Labute approximate surface area is 305 Å². The summed E-state index contributed by atoms with van der Waals surface area (Å²) in [5, 5.41) is 1.12. The zero-order chi connectivity index (χ0) is 34.9. The SMILES string of the molecule is Cc1ccc2ccc3c(c2n1)N=C(c1cccc(C2=NC(c4ccc(-c5ccccc5)cc4)=NC(C4C=CC=CC4)C2)c1)CC3C1=CCC=CC=C1. The Kier molecular flexibility index (Phi) is 8.58. The number of benzene rings is 4. The molecular formula is C48H40N4. The highest BCUT2D eigenvalue weighted by atomic mass is 15.0. The first-order valence-electron chi connectivity index (χ1n) is 18.4. The third kappa shape index (κ3) is 6.37. The second kappa shape index (κ2) is 14.0. The lowest BCUT2D eigenvalue weighted by atomic mass is 9.80. The molecule has 3 atom stereocenters. The van der Waals surface area contributed by atoms with E-state index in [1.165, 1.54) is 22.3 Å². The van der Waals surface area contributed by atoms with Gasteiger partial charge in [-0.05, 0) is 65.3 Å². The molecule has 4 heteroatoms. The van der Waals surface area contributed by atoms with E-state index in [9.17, 15) is 0 Å². The van der Waals surface area contributed by atoms with Gasteiger partial charge in [-0.2, -0.15) is 0 Å². The topological polar surface area (TPSA) is 50.0 Å². The minimum Gasteiger partial charge on any atom is -0.262 e. The summed E-state index contributed by atoms with van der Waals surface area (Å²) in [4.78, 5) is 21.0. The smallest absolute Gasteiger partial charge is 0.155 e. The highest BCUT2D eigenvalue weighted by Gasteiger charge is 2.29. The van der Waals surface area contributed by atoms with Crippen molar-refractivity contribution < 1.29 is 0 Å². The van der Waals surface area contributed by atoms with Gasteiger partial charge in [0.1, 0.15) is 0 Å². The molecule has 0 N–H and O–H groups in total. The molecule has 0 saturated heterocycles. The first-order chi connectivity index (χ1) is 25.7. The van der Waals surface area contributed by atoms with Crippen molar-refractivity contribution in [2.24, 2.45) is 20.9 Å². The Hall–Kier alpha value is -6.00. The number of nitrogens with zero attached hydrogens (tertiary/aromatic N) is 4. The second-order valence-corrected chi connectivity index (χ2v) is 14.1. The molecule has 4 nitrogen and oxygen atoms in total. The largest absolute Gasteiger partial charge is 0.262 e. The molecular weight excluding hydrogens is 633 g/mol. The van der Waals surface area contributed by atoms with Crippen LogP contribution in [0.1, 0.15) is 59.5 Å². The lowest BCUT2D eigenvalue weighted by Gasteiger charge is -2.28. The van der Waals surface area contributed by atoms with E-state index in [0.29, 0.717) is 5.92 Å². The lowest BCUT2D eigenvalue weighted by molar-refractivity contribution is 0.515. The molecule has 52 heavy (non-hydrogen) atoms. The third-order valence-electron chi connectivity index (χ3n) is 10.7. The van der Waals surface area contributed by atoms with Crippen LogP contribution in [0, 0.1) is 12.8 Å². The third-order valence-corrected chi connectivity index (χ3v) is 10.7. The summed E-state index contributed by atoms with van der Waals surface area (Å²) in [5.41, 5.74) is 13.4. The summed E-state index contributed by atoms with van der Waals surface area (Å²) in [5.74, 6) is 1.32. The van der Waals surface area contributed by atoms with Gasteiger partial charge in [0.15, 0.2) is 5.84 Å². The van der Waals surface area contributed by atoms with Gasteiger partial charge in [-0.25, -0.2) is 4.99 Å². The number of pyridine rings is 1. The molecule has 5 aromatic rings. The first kappa shape index (κ1) is 31.9. The molecule has 0 fully saturated rings. The summed E-state index contributed by atoms with van der Waals surface area (Å²) in [6, 6.07) is 36.9. The Morgan fingerprint density at radius 3 is 2.21 bits per heavy atom. The molecule has 0 radical (unpaired) electrons. The van der Waals surface area contributed by atoms with Gasteiger partial charge in [0, 0.05) is 47.0 Å². The fourth-order valence-electron chi connectivity index (χ4n) is 7.88. The van der Waals surface area contributed by atoms with E-state index >= 15 is 0 Å². The molecule has 2 aliphatic carbocycles. The molecule has 0 spiro atoms. The van der Waals surface area contributed by atoms with Gasteiger partial charge in [-0.1, -0.05) is 146 Å². The van der Waals surface area contributed by atoms with Crippen LogP contribution in [0.3, 0.4) is 0 Å². The van der Waals surface area contributed by atoms with Gasteiger partial charge in [0.05, 0.1) is 23.0 Å². The number of aliphatic imine (C=N–C) groups is 3. The standard InChI is InChI=1S/C48H40N4/c1-32-21-22-37-27-28-41-42(35-15-6-2-3-7-16-35)30-43(50-47(41)46(37)49-32)39-19-12-20-40(29-39)45-31-44(36-17-10-5-11-18-36)51-48(52-45)38-25-23-34(24-26-38)33-13-8-4-9-14-33/h2-6,8-17,19-29,36,42,44H,7,18,30-31H2,1H3. The number of hydrogen-bond acceptors (Lipinski definition) is 4. The predicted molar refractivity (Wildman–Crippen MR) is 217 cm³/mol. The molecule has 252 valence electrons. The first-order valence-corrected chi connectivity index (χ1v) is 18.4. The van der Waals surface area contributed by atoms with Crippen molar-refractivity contribution >= 4 is 33.8 Å². The van der Waals surface area contributed by atoms with E-state index in [1.807, 2.05) is 0 Å². The van der Waals surface area contributed by atoms with Crippen LogP contribution in [0.2, 0.25) is 0 Å². The minimum absolute atomic E-state index is 0.104. The van der Waals surface area contributed by atoms with Crippen molar-refractivity contribution in [2.75, 3.05) is 0 Å². The quantitative estimate of drug-likeness (QED) is 0.177. The van der Waals surface area contributed by atoms with Crippen molar-refractivity contribution in [1.29, 1.82) is 0 Å². The fourth-order valence-corrected chi connectivity index (χ4v) is 7.88. The van der Waals surface area contributed by atoms with E-state index in [-0.39, 0.29) is 12.0 Å². The number of amidine groups is 1. The molecule has 3 unspecified atom stereocenters. The van der Waals surface area contributed by atoms with Gasteiger partial charge in [0.25, 0.3) is 0 Å². The minimum atomic E-state index is 0.104. The number of allylic oxidation sites excluding steroid dienone is 9. The Bertz CT molecular complexity index is 2420. The van der Waals surface area contributed by atoms with Gasteiger partial charge in [0.2, 0.25) is 0 Å². The molecule has 1 aromatic heterocycles. The maximum absolute atomic E-state index is 5.43. The zero-order valence-electron chi connectivity index (χ0n) is 29.4. The molecule has 9 rings (SSSR count). The van der Waals surface area contributed by atoms with Crippen molar-refractivity contribution in [1.82, 2.24) is 4.98 Å². The Morgan fingerprint density at radius 2 is 1.38 bits per heavy atom. The average molecular weight is 673 g/mol. The van der Waals surface area contributed by atoms with Crippen LogP contribution in [-0.4, -0.2) is 28.3 Å². The van der Waals surface area contributed by atoms with Crippen LogP contribution >= 0.6 is 0 Å². The van der Waals surface area contributed by atoms with Crippen molar-refractivity contribution in [3.8, 4) is 11.1 Å². The fraction of sp³-hybridized carbons (Fsp3) is 0.167. The van der Waals surface area contributed by atoms with Crippen LogP contribution in [0.5, 0.6) is 0 Å². The van der Waals surface area contributed by atoms with Crippen LogP contribution in [0.4, 0.5) is 5.69 Å². The normalized spacial score (nSPS) is 20.8. The summed E-state index contributed by atoms with van der Waals surface area (Å²) < 4.78 is 0. The van der Waals surface area contributed by atoms with Crippen molar-refractivity contribution in [3.63, 3.8) is 0 Å². The summed E-state index contributed by atoms with van der Waals surface area (Å²) in [7, 11) is 0. The van der Waals surface area contributed by atoms with Gasteiger partial charge < -0.3 is 0 Å². The Balaban J connectivity index is 1.11. The highest BCUT2D eigenvalue weighted by molar-refractivity contribution is 6.15. The van der Waals surface area contributed by atoms with Crippen LogP contribution in [0.25, 0.3) is 22.0 Å². The summed E-state index contributed by atoms with van der Waals surface area (Å²) >= 11 is 0. The van der Waals surface area contributed by atoms with Crippen molar-refractivity contribution in [3.05, 3.63) is 191 Å². The van der Waals surface area contributed by atoms with Gasteiger partial charge in [-0.15, -0.1) is 0 Å². The van der Waals surface area contributed by atoms with Gasteiger partial charge in [-0.3, -0.25) is 15.0 Å². The molecule has 3 heterocycles. The molecule has 0 saturated carbocycles. The van der Waals surface area contributed by atoms with Crippen LogP contribution < -0.4 is 0 Å². The second-order valence-electron chi connectivity index (χ2n) is 14.1. The maximum Gasteiger partial charge on any atom is 0.155 e. The van der Waals surface area contributed by atoms with E-state index in [0.717, 1.165) is 81.9 Å². The van der Waals surface area contributed by atoms with Crippen LogP contribution in [0.15, 0.2) is 178 Å². The van der Waals surface area contributed by atoms with Crippen LogP contribution in [-0.2, 0) is 0 Å². The molecule has 4 aliphatic rings. The maximum atomic E-state index is 5.43. The summed E-state index contributed by atoms with van der Waals surface area (Å²) in [6.07, 6.45) is 23.5. The molecule has 2 aliphatic heterocycles. The predicted octanol–water partition coefficient (Wildman–Crippen LogP) is 11.4. The number of aromatic nitrogens is 1. The lowest BCUT2D eigenvalue weighted by Crippen LogP contribution is -2.28. The number of hydrogen-bond donors (Lipinski definition) is 0. The van der Waals surface area contributed by atoms with Gasteiger partial charge >= 0.3 is 0 Å².